The van der Waals surface area contributed by atoms with Crippen LogP contribution in [0.25, 0.3) is 0 Å². The van der Waals surface area contributed by atoms with Crippen molar-refractivity contribution in [3.05, 3.63) is 71.7 Å². The summed E-state index contributed by atoms with van der Waals surface area (Å²) >= 11 is 0. The maximum atomic E-state index is 13.0. The molecule has 0 radical (unpaired) electrons. The van der Waals surface area contributed by atoms with Crippen LogP contribution in [0.2, 0.25) is 0 Å². The summed E-state index contributed by atoms with van der Waals surface area (Å²) in [5.41, 5.74) is 2.34. The number of anilines is 1. The van der Waals surface area contributed by atoms with E-state index in [4.69, 9.17) is 9.52 Å². The van der Waals surface area contributed by atoms with Crippen LogP contribution in [-0.2, 0) is 17.6 Å². The average molecular weight is 524 g/mol. The molecule has 0 saturated heterocycles. The number of nitrogens with zero attached hydrogens (tertiary/aromatic N) is 4. The molecule has 0 aliphatic heterocycles. The van der Waals surface area contributed by atoms with Crippen molar-refractivity contribution in [1.82, 2.24) is 20.2 Å². The molecule has 3 amide bonds. The molecule has 0 aliphatic rings. The lowest BCUT2D eigenvalue weighted by atomic mass is 10.1. The average Bonchev–Trinajstić information content (AvgIpc) is 3.39. The number of aromatic hydroxyl groups is 1. The van der Waals surface area contributed by atoms with E-state index >= 15 is 0 Å². The summed E-state index contributed by atoms with van der Waals surface area (Å²) in [5, 5.41) is 21.3. The fourth-order valence-corrected chi connectivity index (χ4v) is 3.90. The van der Waals surface area contributed by atoms with Gasteiger partial charge in [0.2, 0.25) is 5.91 Å². The van der Waals surface area contributed by atoms with E-state index in [1.54, 1.807) is 36.5 Å². The van der Waals surface area contributed by atoms with Gasteiger partial charge < -0.3 is 29.7 Å². The van der Waals surface area contributed by atoms with Crippen molar-refractivity contribution in [1.29, 1.82) is 0 Å². The number of nitrogens with one attached hydrogen (secondary N) is 1. The van der Waals surface area contributed by atoms with Crippen LogP contribution in [0.4, 0.5) is 10.5 Å². The highest BCUT2D eigenvalue weighted by Crippen LogP contribution is 2.22. The molecule has 202 valence electrons. The fraction of sp³-hybridized carbons (Fsp3) is 0.370. The van der Waals surface area contributed by atoms with Crippen molar-refractivity contribution in [3.8, 4) is 5.75 Å². The molecule has 0 saturated carbocycles. The molecule has 2 aromatic heterocycles. The molecular weight excluding hydrogens is 490 g/mol. The number of benzene rings is 1. The first-order chi connectivity index (χ1) is 18.3. The Morgan fingerprint density at radius 2 is 1.79 bits per heavy atom. The third-order valence-corrected chi connectivity index (χ3v) is 6.14. The van der Waals surface area contributed by atoms with Gasteiger partial charge in [0.25, 0.3) is 5.91 Å². The van der Waals surface area contributed by atoms with Crippen LogP contribution in [0.15, 0.2) is 53.4 Å². The van der Waals surface area contributed by atoms with Crippen LogP contribution in [0.5, 0.6) is 5.75 Å². The summed E-state index contributed by atoms with van der Waals surface area (Å²) in [7, 11) is 1.64. The van der Waals surface area contributed by atoms with Crippen molar-refractivity contribution in [3.63, 3.8) is 0 Å². The lowest BCUT2D eigenvalue weighted by Gasteiger charge is -2.23. The third kappa shape index (κ3) is 8.05. The van der Waals surface area contributed by atoms with E-state index in [2.05, 4.69) is 15.3 Å². The van der Waals surface area contributed by atoms with Gasteiger partial charge in [0.1, 0.15) is 12.0 Å². The molecule has 2 heterocycles. The molecule has 11 nitrogen and oxygen atoms in total. The topological polar surface area (TPSA) is 149 Å². The zero-order chi connectivity index (χ0) is 27.5. The van der Waals surface area contributed by atoms with Gasteiger partial charge >= 0.3 is 6.09 Å². The van der Waals surface area contributed by atoms with Crippen LogP contribution in [0.3, 0.4) is 0 Å². The zero-order valence-electron chi connectivity index (χ0n) is 21.6. The Bertz CT molecular complexity index is 1230. The van der Waals surface area contributed by atoms with E-state index in [9.17, 15) is 19.5 Å². The Balaban J connectivity index is 1.62. The van der Waals surface area contributed by atoms with E-state index in [0.717, 1.165) is 11.1 Å². The summed E-state index contributed by atoms with van der Waals surface area (Å²) < 4.78 is 5.52. The number of carboxylic acid groups (broad SMARTS) is 1. The molecule has 0 unspecified atom stereocenters. The minimum atomic E-state index is -1.09. The Kier molecular flexibility index (Phi) is 10.2. The Morgan fingerprint density at radius 3 is 2.53 bits per heavy atom. The number of hydrogen-bond donors (Lipinski definition) is 3. The summed E-state index contributed by atoms with van der Waals surface area (Å²) in [5.74, 6) is 0.129. The smallest absolute Gasteiger partial charge is 0.404 e. The van der Waals surface area contributed by atoms with Crippen molar-refractivity contribution >= 4 is 23.6 Å². The van der Waals surface area contributed by atoms with Crippen LogP contribution in [0, 0.1) is 6.92 Å². The number of unbranched alkanes of at least 4 members (excludes halogenated alkanes) is 1. The molecule has 11 heteroatoms. The van der Waals surface area contributed by atoms with Crippen molar-refractivity contribution < 1.29 is 29.0 Å². The SMILES string of the molecule is Cc1cccc(CCN(CCc2nc(C(=O)N(C)c3ccncc3)co2)C(=O)CCCCNC(=O)O)c1O. The van der Waals surface area contributed by atoms with Gasteiger partial charge in [-0.2, -0.15) is 0 Å². The number of aromatic nitrogens is 2. The predicted molar refractivity (Wildman–Crippen MR) is 140 cm³/mol. The van der Waals surface area contributed by atoms with E-state index in [1.165, 1.54) is 11.2 Å². The van der Waals surface area contributed by atoms with E-state index in [0.29, 0.717) is 50.4 Å². The number of phenols is 1. The molecular formula is C27H33N5O6. The zero-order valence-corrected chi connectivity index (χ0v) is 21.6. The quantitative estimate of drug-likeness (QED) is 0.289. The molecule has 0 fully saturated rings. The second kappa shape index (κ2) is 13.8. The Morgan fingerprint density at radius 1 is 1.05 bits per heavy atom. The third-order valence-electron chi connectivity index (χ3n) is 6.14. The van der Waals surface area contributed by atoms with Crippen LogP contribution >= 0.6 is 0 Å². The molecule has 38 heavy (non-hydrogen) atoms. The number of carbonyl (C=O) groups is 3. The second-order valence-electron chi connectivity index (χ2n) is 8.85. The number of para-hydroxylation sites is 1. The van der Waals surface area contributed by atoms with Gasteiger partial charge in [-0.25, -0.2) is 9.78 Å². The van der Waals surface area contributed by atoms with Gasteiger partial charge in [0.05, 0.1) is 0 Å². The number of carbonyl (C=O) groups excluding carboxylic acids is 2. The van der Waals surface area contributed by atoms with Crippen LogP contribution in [-0.4, -0.2) is 69.7 Å². The molecule has 0 atom stereocenters. The lowest BCUT2D eigenvalue weighted by Crippen LogP contribution is -2.35. The fourth-order valence-electron chi connectivity index (χ4n) is 3.90. The van der Waals surface area contributed by atoms with Gasteiger partial charge in [0.15, 0.2) is 11.6 Å². The summed E-state index contributed by atoms with van der Waals surface area (Å²) in [6.45, 7) is 2.79. The molecule has 0 aliphatic carbocycles. The highest BCUT2D eigenvalue weighted by atomic mass is 16.4. The molecule has 3 aromatic rings. The standard InChI is InChI=1S/C27H33N5O6/c1-19-6-5-7-20(25(19)34)11-16-32(24(33)8-3-4-13-29-27(36)37)17-12-23-30-22(18-38-23)26(35)31(2)21-9-14-28-15-10-21/h5-7,9-10,14-15,18,29,34H,3-4,8,11-13,16-17H2,1-2H3,(H,36,37). The first-order valence-electron chi connectivity index (χ1n) is 12.4. The van der Waals surface area contributed by atoms with Gasteiger partial charge in [-0.3, -0.25) is 14.6 Å². The highest BCUT2D eigenvalue weighted by molar-refractivity contribution is 6.04. The molecule has 3 rings (SSSR count). The van der Waals surface area contributed by atoms with Crippen molar-refractivity contribution in [2.75, 3.05) is 31.6 Å². The number of hydrogen-bond acceptors (Lipinski definition) is 7. The lowest BCUT2D eigenvalue weighted by molar-refractivity contribution is -0.131. The van der Waals surface area contributed by atoms with Gasteiger partial charge in [-0.1, -0.05) is 18.2 Å². The number of oxazole rings is 1. The molecule has 0 bridgehead atoms. The predicted octanol–water partition coefficient (Wildman–Crippen LogP) is 3.41. The van der Waals surface area contributed by atoms with Gasteiger partial charge in [0, 0.05) is 57.6 Å². The van der Waals surface area contributed by atoms with Gasteiger partial charge in [-0.15, -0.1) is 0 Å². The summed E-state index contributed by atoms with van der Waals surface area (Å²) in [6.07, 6.45) is 5.51. The van der Waals surface area contributed by atoms with Gasteiger partial charge in [-0.05, 0) is 49.4 Å². The Labute approximate surface area is 221 Å². The van der Waals surface area contributed by atoms with Crippen LogP contribution in [0.1, 0.15) is 46.8 Å². The minimum absolute atomic E-state index is 0.0901. The van der Waals surface area contributed by atoms with Crippen molar-refractivity contribution in [2.45, 2.75) is 39.0 Å². The number of amides is 3. The van der Waals surface area contributed by atoms with E-state index in [1.807, 2.05) is 25.1 Å². The summed E-state index contributed by atoms with van der Waals surface area (Å²) in [6, 6.07) is 8.94. The molecule has 0 spiro atoms. The number of rotatable bonds is 13. The van der Waals surface area contributed by atoms with Crippen LogP contribution < -0.4 is 10.2 Å². The number of pyridine rings is 1. The number of aryl methyl sites for hydroxylation is 1. The van der Waals surface area contributed by atoms with E-state index in [-0.39, 0.29) is 36.2 Å². The minimum Gasteiger partial charge on any atom is -0.507 e. The van der Waals surface area contributed by atoms with E-state index < -0.39 is 6.09 Å². The molecule has 3 N–H and O–H groups in total. The molecule has 1 aromatic carbocycles. The first-order valence-corrected chi connectivity index (χ1v) is 12.4. The second-order valence-corrected chi connectivity index (χ2v) is 8.85. The number of phenolic OH excluding ortho intramolecular Hbond substituents is 1. The largest absolute Gasteiger partial charge is 0.507 e. The maximum absolute atomic E-state index is 13.0. The monoisotopic (exact) mass is 523 g/mol. The van der Waals surface area contributed by atoms with Crippen molar-refractivity contribution in [2.24, 2.45) is 0 Å². The maximum Gasteiger partial charge on any atom is 0.404 e. The highest BCUT2D eigenvalue weighted by Gasteiger charge is 2.20. The summed E-state index contributed by atoms with van der Waals surface area (Å²) in [4.78, 5) is 47.8. The normalized spacial score (nSPS) is 10.7. The first kappa shape index (κ1) is 28.2. The Hall–Kier alpha value is -4.41.